The molecule has 23 heavy (non-hydrogen) atoms. The fourth-order valence-electron chi connectivity index (χ4n) is 2.88. The van der Waals surface area contributed by atoms with Gasteiger partial charge in [-0.15, -0.1) is 0 Å². The highest BCUT2D eigenvalue weighted by atomic mass is 14.9. The first-order chi connectivity index (χ1) is 10.8. The van der Waals surface area contributed by atoms with Gasteiger partial charge in [0.25, 0.3) is 0 Å². The first-order valence-electron chi connectivity index (χ1n) is 9.37. The van der Waals surface area contributed by atoms with Gasteiger partial charge in [-0.05, 0) is 76.0 Å². The Hall–Kier alpha value is -1.24. The minimum Gasteiger partial charge on any atom is -0.383 e. The first-order valence-corrected chi connectivity index (χ1v) is 9.37. The third-order valence-electron chi connectivity index (χ3n) is 4.45. The Balaban J connectivity index is 2.78. The van der Waals surface area contributed by atoms with Gasteiger partial charge < -0.3 is 5.32 Å². The summed E-state index contributed by atoms with van der Waals surface area (Å²) in [7, 11) is 0. The van der Waals surface area contributed by atoms with Crippen LogP contribution in [0.25, 0.3) is 0 Å². The molecule has 0 heterocycles. The van der Waals surface area contributed by atoms with Crippen LogP contribution in [0.15, 0.2) is 46.7 Å². The molecule has 1 atom stereocenters. The lowest BCUT2D eigenvalue weighted by Crippen LogP contribution is -2.22. The molecule has 0 aliphatic heterocycles. The molecular formula is C22H37N. The molecule has 0 aromatic heterocycles. The van der Waals surface area contributed by atoms with E-state index in [9.17, 15) is 0 Å². The highest BCUT2D eigenvalue weighted by molar-refractivity contribution is 5.41. The molecule has 0 aromatic carbocycles. The molecule has 0 aromatic rings. The van der Waals surface area contributed by atoms with E-state index in [1.54, 1.807) is 5.57 Å². The highest BCUT2D eigenvalue weighted by Crippen LogP contribution is 2.33. The quantitative estimate of drug-likeness (QED) is 0.442. The fourth-order valence-corrected chi connectivity index (χ4v) is 2.88. The molecule has 1 aliphatic carbocycles. The van der Waals surface area contributed by atoms with Gasteiger partial charge in [0.05, 0.1) is 0 Å². The van der Waals surface area contributed by atoms with Gasteiger partial charge in [-0.3, -0.25) is 0 Å². The second-order valence-electron chi connectivity index (χ2n) is 7.53. The minimum atomic E-state index is 0.487. The zero-order chi connectivity index (χ0) is 17.4. The van der Waals surface area contributed by atoms with E-state index in [0.717, 1.165) is 12.3 Å². The Kier molecular flexibility index (Phi) is 8.44. The number of allylic oxidation sites excluding steroid dienone is 6. The van der Waals surface area contributed by atoms with Gasteiger partial charge >= 0.3 is 0 Å². The molecule has 1 heteroatoms. The van der Waals surface area contributed by atoms with Crippen LogP contribution in [0.5, 0.6) is 0 Å². The lowest BCUT2D eigenvalue weighted by atomic mass is 9.94. The third kappa shape index (κ3) is 7.72. The molecule has 1 N–H and O–H groups in total. The van der Waals surface area contributed by atoms with Crippen LogP contribution in [0.1, 0.15) is 80.1 Å². The van der Waals surface area contributed by atoms with Gasteiger partial charge in [0.15, 0.2) is 0 Å². The molecule has 0 spiro atoms. The van der Waals surface area contributed by atoms with Gasteiger partial charge in [-0.2, -0.15) is 0 Å². The van der Waals surface area contributed by atoms with E-state index in [0.29, 0.717) is 6.04 Å². The van der Waals surface area contributed by atoms with Gasteiger partial charge in [0, 0.05) is 11.7 Å². The van der Waals surface area contributed by atoms with Gasteiger partial charge in [-0.1, -0.05) is 51.0 Å². The van der Waals surface area contributed by atoms with E-state index in [4.69, 9.17) is 0 Å². The Morgan fingerprint density at radius 1 is 1.13 bits per heavy atom. The number of hydrogen-bond donors (Lipinski definition) is 1. The van der Waals surface area contributed by atoms with Crippen LogP contribution in [-0.4, -0.2) is 6.04 Å². The Morgan fingerprint density at radius 2 is 1.78 bits per heavy atom. The Labute approximate surface area is 144 Å². The third-order valence-corrected chi connectivity index (χ3v) is 4.45. The molecule has 1 aliphatic rings. The molecule has 1 nitrogen and oxygen atoms in total. The van der Waals surface area contributed by atoms with E-state index in [1.165, 1.54) is 54.5 Å². The zero-order valence-corrected chi connectivity index (χ0v) is 16.3. The molecule has 0 radical (unpaired) electrons. The van der Waals surface area contributed by atoms with Crippen LogP contribution in [-0.2, 0) is 0 Å². The topological polar surface area (TPSA) is 12.0 Å². The summed E-state index contributed by atoms with van der Waals surface area (Å²) >= 11 is 0. The summed E-state index contributed by atoms with van der Waals surface area (Å²) in [4.78, 5) is 0. The van der Waals surface area contributed by atoms with E-state index in [1.807, 2.05) is 0 Å². The Morgan fingerprint density at radius 3 is 2.26 bits per heavy atom. The average Bonchev–Trinajstić information content (AvgIpc) is 3.28. The van der Waals surface area contributed by atoms with Crippen molar-refractivity contribution in [2.75, 3.05) is 0 Å². The summed E-state index contributed by atoms with van der Waals surface area (Å²) in [6, 6.07) is 0.487. The van der Waals surface area contributed by atoms with Crippen molar-refractivity contribution in [2.45, 2.75) is 86.1 Å². The van der Waals surface area contributed by atoms with Gasteiger partial charge in [0.2, 0.25) is 0 Å². The van der Waals surface area contributed by atoms with Gasteiger partial charge in [0.1, 0.15) is 0 Å². The van der Waals surface area contributed by atoms with Crippen molar-refractivity contribution in [3.8, 4) is 0 Å². The van der Waals surface area contributed by atoms with Crippen molar-refractivity contribution in [3.63, 3.8) is 0 Å². The summed E-state index contributed by atoms with van der Waals surface area (Å²) < 4.78 is 0. The van der Waals surface area contributed by atoms with Gasteiger partial charge in [-0.25, -0.2) is 0 Å². The van der Waals surface area contributed by atoms with Crippen LogP contribution in [0.2, 0.25) is 0 Å². The predicted molar refractivity (Wildman–Crippen MR) is 104 cm³/mol. The zero-order valence-electron chi connectivity index (χ0n) is 16.3. The van der Waals surface area contributed by atoms with Crippen molar-refractivity contribution < 1.29 is 0 Å². The smallest absolute Gasteiger partial charge is 0.0363 e. The molecule has 1 saturated carbocycles. The van der Waals surface area contributed by atoms with E-state index in [-0.39, 0.29) is 0 Å². The minimum absolute atomic E-state index is 0.487. The molecular weight excluding hydrogens is 278 g/mol. The molecule has 1 unspecified atom stereocenters. The van der Waals surface area contributed by atoms with Crippen LogP contribution in [0, 0.1) is 5.92 Å². The average molecular weight is 316 g/mol. The Bertz CT molecular complexity index is 482. The summed E-state index contributed by atoms with van der Waals surface area (Å²) in [5.74, 6) is 0.805. The van der Waals surface area contributed by atoms with Crippen LogP contribution in [0.4, 0.5) is 0 Å². The SMILES string of the molecule is C=C(C)/C(=C\C=C(/C)C(NC(C)C)=C1CC1)CCC(C)CCC. The maximum atomic E-state index is 4.17. The van der Waals surface area contributed by atoms with Crippen LogP contribution < -0.4 is 5.32 Å². The molecule has 1 rings (SSSR count). The van der Waals surface area contributed by atoms with E-state index >= 15 is 0 Å². The van der Waals surface area contributed by atoms with E-state index < -0.39 is 0 Å². The second kappa shape index (κ2) is 9.80. The second-order valence-corrected chi connectivity index (χ2v) is 7.53. The predicted octanol–water partition coefficient (Wildman–Crippen LogP) is 6.70. The lowest BCUT2D eigenvalue weighted by Gasteiger charge is -2.15. The standard InChI is InChI=1S/C22H37N/c1-8-9-18(6)10-12-20(16(2)3)13-11-19(7)22(21-14-15-21)23-17(4)5/h11,13,17-18,23H,2,8-10,12,14-15H2,1,3-7H3/b19-11+,20-13-. The van der Waals surface area contributed by atoms with Crippen molar-refractivity contribution in [3.05, 3.63) is 46.7 Å². The van der Waals surface area contributed by atoms with Crippen molar-refractivity contribution in [1.82, 2.24) is 5.32 Å². The van der Waals surface area contributed by atoms with Crippen molar-refractivity contribution in [1.29, 1.82) is 0 Å². The maximum absolute atomic E-state index is 4.17. The molecule has 130 valence electrons. The molecule has 0 amide bonds. The monoisotopic (exact) mass is 315 g/mol. The summed E-state index contributed by atoms with van der Waals surface area (Å²) in [5, 5.41) is 3.62. The molecule has 0 saturated heterocycles. The number of hydrogen-bond acceptors (Lipinski definition) is 1. The maximum Gasteiger partial charge on any atom is 0.0363 e. The van der Waals surface area contributed by atoms with Crippen LogP contribution in [0.3, 0.4) is 0 Å². The number of rotatable bonds is 10. The highest BCUT2D eigenvalue weighted by Gasteiger charge is 2.19. The fraction of sp³-hybridized carbons (Fsp3) is 0.636. The molecule has 1 fully saturated rings. The first kappa shape index (κ1) is 19.8. The van der Waals surface area contributed by atoms with Crippen LogP contribution >= 0.6 is 0 Å². The summed E-state index contributed by atoms with van der Waals surface area (Å²) in [6.45, 7) is 17.6. The molecule has 0 bridgehead atoms. The van der Waals surface area contributed by atoms with E-state index in [2.05, 4.69) is 65.6 Å². The van der Waals surface area contributed by atoms with Crippen molar-refractivity contribution >= 4 is 0 Å². The largest absolute Gasteiger partial charge is 0.383 e. The summed E-state index contributed by atoms with van der Waals surface area (Å²) in [6.07, 6.45) is 12.1. The lowest BCUT2D eigenvalue weighted by molar-refractivity contribution is 0.486. The normalized spacial score (nSPS) is 16.6. The number of nitrogens with one attached hydrogen (secondary N) is 1. The summed E-state index contributed by atoms with van der Waals surface area (Å²) in [5.41, 5.74) is 6.91. The van der Waals surface area contributed by atoms with Crippen molar-refractivity contribution in [2.24, 2.45) is 5.92 Å².